The molecule has 10 amide bonds. The Bertz CT molecular complexity index is 2590. The number of likely N-dealkylation sites (tertiary alicyclic amines) is 2. The lowest BCUT2D eigenvalue weighted by Gasteiger charge is -2.30. The Morgan fingerprint density at radius 1 is 0.737 bits per heavy atom. The van der Waals surface area contributed by atoms with Crippen LogP contribution in [0.4, 0.5) is 0 Å². The van der Waals surface area contributed by atoms with E-state index in [2.05, 4.69) is 47.2 Å². The number of carbonyl (C=O) groups excluding carboxylic acids is 10. The third-order valence-electron chi connectivity index (χ3n) is 12.9. The number of aliphatic hydroxyl groups excluding tert-OH is 1. The summed E-state index contributed by atoms with van der Waals surface area (Å²) < 4.78 is 0. The summed E-state index contributed by atoms with van der Waals surface area (Å²) in [5.74, 6) is -7.33. The molecule has 2 aliphatic heterocycles. The van der Waals surface area contributed by atoms with E-state index in [-0.39, 0.29) is 62.8 Å². The van der Waals surface area contributed by atoms with Gasteiger partial charge in [0.1, 0.15) is 48.0 Å². The van der Waals surface area contributed by atoms with Gasteiger partial charge < -0.3 is 79.4 Å². The second kappa shape index (κ2) is 28.4. The number of aromatic nitrogens is 1. The fourth-order valence-corrected chi connectivity index (χ4v) is 9.08. The predicted octanol–water partition coefficient (Wildman–Crippen LogP) is -3.50. The molecular formula is C50H70N14O12. The summed E-state index contributed by atoms with van der Waals surface area (Å²) in [4.78, 5) is 143. The number of guanidine groups is 1. The van der Waals surface area contributed by atoms with Crippen molar-refractivity contribution in [2.24, 2.45) is 28.1 Å². The predicted molar refractivity (Wildman–Crippen MR) is 276 cm³/mol. The van der Waals surface area contributed by atoms with E-state index < -0.39 is 115 Å². The summed E-state index contributed by atoms with van der Waals surface area (Å²) in [7, 11) is 0. The molecule has 2 saturated heterocycles. The SMILES string of the molecule is CC(C)C[C@H](NC(=O)CNC(=O)[C@H](Cc1ccc(O)cc1)NC(=O)[C@H](CO)NC(=O)[C@H](Cc1c[nH]c2ccccc12)NC(=O)[C@@H]1CCCN1C=O)C(=O)N[C@@H](CCCN=C(N)N)C(=O)N1CCC[C@H]1C(=O)NCC(N)=O. The number of hydrogen-bond acceptors (Lipinski definition) is 13. The number of primary amides is 1. The van der Waals surface area contributed by atoms with Gasteiger partial charge in [0.05, 0.1) is 19.7 Å². The van der Waals surface area contributed by atoms with Crippen molar-refractivity contribution in [3.63, 3.8) is 0 Å². The number of para-hydroxylation sites is 1. The quantitative estimate of drug-likeness (QED) is 0.0145. The number of amides is 10. The van der Waals surface area contributed by atoms with Crippen LogP contribution in [0.2, 0.25) is 0 Å². The third kappa shape index (κ3) is 17.1. The van der Waals surface area contributed by atoms with E-state index in [1.165, 1.54) is 34.1 Å². The molecule has 5 rings (SSSR count). The highest BCUT2D eigenvalue weighted by molar-refractivity contribution is 5.98. The zero-order valence-electron chi connectivity index (χ0n) is 42.5. The lowest BCUT2D eigenvalue weighted by Crippen LogP contribution is -2.60. The van der Waals surface area contributed by atoms with Crippen molar-refractivity contribution in [2.75, 3.05) is 39.3 Å². The smallest absolute Gasteiger partial charge is 0.245 e. The number of phenols is 1. The van der Waals surface area contributed by atoms with Gasteiger partial charge in [0.15, 0.2) is 5.96 Å². The Hall–Kier alpha value is -8.29. The summed E-state index contributed by atoms with van der Waals surface area (Å²) in [6.07, 6.45) is 4.02. The molecule has 76 heavy (non-hydrogen) atoms. The Balaban J connectivity index is 1.28. The number of aromatic hydroxyl groups is 1. The molecule has 3 aromatic rings. The van der Waals surface area contributed by atoms with Crippen LogP contribution < -0.4 is 54.4 Å². The van der Waals surface area contributed by atoms with E-state index in [9.17, 15) is 58.2 Å². The number of H-pyrrole nitrogens is 1. The van der Waals surface area contributed by atoms with E-state index in [4.69, 9.17) is 17.2 Å². The molecule has 3 heterocycles. The largest absolute Gasteiger partial charge is 0.508 e. The number of phenolic OH excluding ortho intramolecular Hbond substituents is 1. The second-order valence-electron chi connectivity index (χ2n) is 19.2. The number of fused-ring (bicyclic) bond motifs is 1. The molecule has 412 valence electrons. The summed E-state index contributed by atoms with van der Waals surface area (Å²) >= 11 is 0. The van der Waals surface area contributed by atoms with Crippen LogP contribution in [0, 0.1) is 5.92 Å². The van der Waals surface area contributed by atoms with Gasteiger partial charge in [-0.25, -0.2) is 0 Å². The van der Waals surface area contributed by atoms with E-state index in [1.54, 1.807) is 26.1 Å². The number of carbonyl (C=O) groups is 10. The van der Waals surface area contributed by atoms with Crippen molar-refractivity contribution < 1.29 is 58.2 Å². The van der Waals surface area contributed by atoms with Crippen LogP contribution in [0.3, 0.4) is 0 Å². The number of nitrogens with one attached hydrogen (secondary N) is 8. The van der Waals surface area contributed by atoms with Crippen LogP contribution in [0.5, 0.6) is 5.75 Å². The van der Waals surface area contributed by atoms with Crippen molar-refractivity contribution in [1.29, 1.82) is 0 Å². The van der Waals surface area contributed by atoms with Gasteiger partial charge in [-0.1, -0.05) is 44.2 Å². The number of aliphatic imine (C=N–C) groups is 1. The van der Waals surface area contributed by atoms with Crippen molar-refractivity contribution in [1.82, 2.24) is 52.0 Å². The molecular weight excluding hydrogens is 989 g/mol. The maximum Gasteiger partial charge on any atom is 0.245 e. The number of rotatable bonds is 28. The highest BCUT2D eigenvalue weighted by Gasteiger charge is 2.39. The van der Waals surface area contributed by atoms with Crippen LogP contribution in [0.1, 0.15) is 69.9 Å². The minimum Gasteiger partial charge on any atom is -0.508 e. The zero-order chi connectivity index (χ0) is 55.5. The Morgan fingerprint density at radius 2 is 1.38 bits per heavy atom. The van der Waals surface area contributed by atoms with E-state index in [0.29, 0.717) is 49.8 Å². The van der Waals surface area contributed by atoms with Crippen LogP contribution in [-0.4, -0.2) is 172 Å². The fourth-order valence-electron chi connectivity index (χ4n) is 9.08. The summed E-state index contributed by atoms with van der Waals surface area (Å²) in [5, 5.41) is 39.1. The maximum atomic E-state index is 14.1. The van der Waals surface area contributed by atoms with Crippen LogP contribution >= 0.6 is 0 Å². The highest BCUT2D eigenvalue weighted by atomic mass is 16.3. The molecule has 1 aromatic heterocycles. The van der Waals surface area contributed by atoms with E-state index in [1.807, 2.05) is 18.2 Å². The molecule has 2 aliphatic rings. The molecule has 0 bridgehead atoms. The maximum absolute atomic E-state index is 14.1. The standard InChI is InChI=1S/C50H70N14O12/c1-28(2)20-35(44(71)59-34(10-5-17-54-50(52)53)49(76)64-19-7-12-40(64)47(74)56-24-41(51)68)58-42(69)25-57-43(70)36(21-29-13-15-31(67)16-14-29)60-46(73)38(26-65)62-45(72)37(61-48(75)39-11-6-18-63(39)27-66)22-30-23-55-33-9-4-3-8-32(30)33/h3-4,8-9,13-16,23,27-28,34-40,55,65,67H,5-7,10-12,17-22,24-26H2,1-2H3,(H2,51,68)(H,56,74)(H,57,70)(H,58,69)(H,59,71)(H,60,73)(H,61,75)(H,62,72)(H4,52,53,54)/t34-,35-,36-,37-,38-,39-,40-/m0/s1. The average Bonchev–Trinajstić information content (AvgIpc) is 4.18. The third-order valence-corrected chi connectivity index (χ3v) is 12.9. The number of nitrogens with zero attached hydrogens (tertiary/aromatic N) is 3. The summed E-state index contributed by atoms with van der Waals surface area (Å²) in [5.41, 5.74) is 18.0. The molecule has 26 nitrogen and oxygen atoms in total. The van der Waals surface area contributed by atoms with Gasteiger partial charge in [0.2, 0.25) is 59.6 Å². The highest BCUT2D eigenvalue weighted by Crippen LogP contribution is 2.22. The molecule has 7 atom stereocenters. The second-order valence-corrected chi connectivity index (χ2v) is 19.2. The molecule has 0 aliphatic carbocycles. The normalized spacial score (nSPS) is 17.1. The van der Waals surface area contributed by atoms with Crippen molar-refractivity contribution in [3.8, 4) is 5.75 Å². The average molecular weight is 1060 g/mol. The molecule has 0 saturated carbocycles. The van der Waals surface area contributed by atoms with Crippen molar-refractivity contribution >= 4 is 76.4 Å². The van der Waals surface area contributed by atoms with Crippen LogP contribution in [0.15, 0.2) is 59.7 Å². The first-order valence-corrected chi connectivity index (χ1v) is 25.1. The van der Waals surface area contributed by atoms with Gasteiger partial charge in [-0.05, 0) is 80.2 Å². The zero-order valence-corrected chi connectivity index (χ0v) is 42.5. The lowest BCUT2D eigenvalue weighted by atomic mass is 10.0. The Morgan fingerprint density at radius 3 is 2.07 bits per heavy atom. The van der Waals surface area contributed by atoms with Gasteiger partial charge in [-0.3, -0.25) is 52.9 Å². The first-order chi connectivity index (χ1) is 36.3. The minimum atomic E-state index is -1.67. The fraction of sp³-hybridized carbons (Fsp3) is 0.500. The Labute approximate surface area is 438 Å². The first-order valence-electron chi connectivity index (χ1n) is 25.1. The van der Waals surface area contributed by atoms with Gasteiger partial charge >= 0.3 is 0 Å². The number of nitrogens with two attached hydrogens (primary N) is 3. The van der Waals surface area contributed by atoms with Crippen LogP contribution in [0.25, 0.3) is 10.9 Å². The summed E-state index contributed by atoms with van der Waals surface area (Å²) in [6.45, 7) is 2.14. The number of hydrogen-bond donors (Lipinski definition) is 13. The molecule has 0 radical (unpaired) electrons. The van der Waals surface area contributed by atoms with E-state index >= 15 is 0 Å². The number of aromatic amines is 1. The molecule has 0 unspecified atom stereocenters. The van der Waals surface area contributed by atoms with Gasteiger partial charge in [0.25, 0.3) is 0 Å². The molecule has 2 fully saturated rings. The molecule has 2 aromatic carbocycles. The number of benzene rings is 2. The lowest BCUT2D eigenvalue weighted by molar-refractivity contribution is -0.142. The Kier molecular flexibility index (Phi) is 21.9. The molecule has 16 N–H and O–H groups in total. The number of aliphatic hydroxyl groups is 1. The summed E-state index contributed by atoms with van der Waals surface area (Å²) in [6, 6.07) is 4.33. The van der Waals surface area contributed by atoms with Gasteiger partial charge in [0, 0.05) is 49.6 Å². The van der Waals surface area contributed by atoms with Crippen LogP contribution in [-0.2, 0) is 60.8 Å². The van der Waals surface area contributed by atoms with E-state index in [0.717, 1.165) is 10.9 Å². The minimum absolute atomic E-state index is 0.0325. The molecule has 26 heteroatoms. The van der Waals surface area contributed by atoms with Gasteiger partial charge in [-0.15, -0.1) is 0 Å². The molecule has 0 spiro atoms. The topological polar surface area (TPSA) is 408 Å². The van der Waals surface area contributed by atoms with Crippen molar-refractivity contribution in [3.05, 3.63) is 65.9 Å². The van der Waals surface area contributed by atoms with Crippen molar-refractivity contribution in [2.45, 2.75) is 114 Å². The monoisotopic (exact) mass is 1060 g/mol. The first kappa shape index (κ1) is 58.6. The van der Waals surface area contributed by atoms with Gasteiger partial charge in [-0.2, -0.15) is 0 Å².